The topological polar surface area (TPSA) is 86.7 Å². The number of nitrogens with zero attached hydrogens (tertiary/aromatic N) is 3. The lowest BCUT2D eigenvalue weighted by atomic mass is 10.3. The molecule has 7 nitrogen and oxygen atoms in total. The van der Waals surface area contributed by atoms with Crippen LogP contribution in [0.25, 0.3) is 0 Å². The van der Waals surface area contributed by atoms with E-state index in [1.54, 1.807) is 34.5 Å². The lowest BCUT2D eigenvalue weighted by molar-refractivity contribution is 0.443. The number of thiazole rings is 1. The summed E-state index contributed by atoms with van der Waals surface area (Å²) in [5.74, 6) is 2.47. The molecule has 0 aromatic carbocycles. The average molecular weight is 392 g/mol. The highest BCUT2D eigenvalue weighted by molar-refractivity contribution is 7.99. The highest BCUT2D eigenvalue weighted by atomic mass is 32.2. The zero-order valence-electron chi connectivity index (χ0n) is 14.1. The van der Waals surface area contributed by atoms with Crippen molar-refractivity contribution in [1.82, 2.24) is 19.9 Å². The van der Waals surface area contributed by atoms with Crippen molar-refractivity contribution >= 4 is 39.1 Å². The molecule has 1 aliphatic heterocycles. The quantitative estimate of drug-likeness (QED) is 0.521. The van der Waals surface area contributed by atoms with E-state index in [0.717, 1.165) is 28.6 Å². The summed E-state index contributed by atoms with van der Waals surface area (Å²) < 4.78 is 26.1. The van der Waals surface area contributed by atoms with Gasteiger partial charge >= 0.3 is 0 Å². The van der Waals surface area contributed by atoms with Gasteiger partial charge in [0.1, 0.15) is 0 Å². The molecule has 0 atom stereocenters. The van der Waals surface area contributed by atoms with Gasteiger partial charge in [0.2, 0.25) is 10.0 Å². The molecule has 0 unspecified atom stereocenters. The molecule has 2 heterocycles. The molecule has 1 aliphatic rings. The van der Waals surface area contributed by atoms with Crippen molar-refractivity contribution in [3.8, 4) is 0 Å². The van der Waals surface area contributed by atoms with Gasteiger partial charge < -0.3 is 10.6 Å². The molecule has 0 radical (unpaired) electrons. The minimum absolute atomic E-state index is 0.0870. The zero-order valence-corrected chi connectivity index (χ0v) is 16.6. The third-order valence-electron chi connectivity index (χ3n) is 3.58. The third kappa shape index (κ3) is 6.23. The Morgan fingerprint density at radius 2 is 2.04 bits per heavy atom. The van der Waals surface area contributed by atoms with Gasteiger partial charge in [-0.15, -0.1) is 11.3 Å². The number of aryl methyl sites for hydroxylation is 1. The molecule has 24 heavy (non-hydrogen) atoms. The van der Waals surface area contributed by atoms with Gasteiger partial charge in [0.15, 0.2) is 5.96 Å². The second-order valence-corrected chi connectivity index (χ2v) is 9.74. The second-order valence-electron chi connectivity index (χ2n) is 5.36. The first kappa shape index (κ1) is 19.5. The molecule has 0 bridgehead atoms. The van der Waals surface area contributed by atoms with E-state index < -0.39 is 10.0 Å². The summed E-state index contributed by atoms with van der Waals surface area (Å²) in [4.78, 5) is 8.53. The van der Waals surface area contributed by atoms with Gasteiger partial charge in [0.05, 0.1) is 16.5 Å². The van der Waals surface area contributed by atoms with Gasteiger partial charge in [-0.05, 0) is 6.92 Å². The Kier molecular flexibility index (Phi) is 7.79. The summed E-state index contributed by atoms with van der Waals surface area (Å²) in [6, 6.07) is 0. The van der Waals surface area contributed by atoms with Crippen molar-refractivity contribution in [3.05, 3.63) is 16.1 Å². The van der Waals surface area contributed by atoms with Gasteiger partial charge in [-0.2, -0.15) is 11.8 Å². The molecule has 0 saturated carbocycles. The normalized spacial score (nSPS) is 17.0. The summed E-state index contributed by atoms with van der Waals surface area (Å²) >= 11 is 3.44. The Balaban J connectivity index is 1.69. The maximum atomic E-state index is 12.3. The van der Waals surface area contributed by atoms with Crippen LogP contribution in [0.1, 0.15) is 10.7 Å². The SMILES string of the molecule is CN=C(NCCc1csc(C)n1)NCCS(=O)(=O)N1CCSCC1. The summed E-state index contributed by atoms with van der Waals surface area (Å²) in [7, 11) is -1.50. The number of sulfonamides is 1. The Morgan fingerprint density at radius 1 is 1.33 bits per heavy atom. The average Bonchev–Trinajstić information content (AvgIpc) is 2.99. The first-order valence-corrected chi connectivity index (χ1v) is 11.6. The fourth-order valence-electron chi connectivity index (χ4n) is 2.30. The Morgan fingerprint density at radius 3 is 2.67 bits per heavy atom. The zero-order chi connectivity index (χ0) is 17.4. The maximum Gasteiger partial charge on any atom is 0.215 e. The molecule has 2 N–H and O–H groups in total. The molecular weight excluding hydrogens is 366 g/mol. The third-order valence-corrected chi connectivity index (χ3v) is 7.22. The van der Waals surface area contributed by atoms with Crippen LogP contribution in [-0.4, -0.2) is 74.2 Å². The number of guanidine groups is 1. The van der Waals surface area contributed by atoms with Crippen LogP contribution < -0.4 is 10.6 Å². The first-order valence-electron chi connectivity index (χ1n) is 7.92. The number of thioether (sulfide) groups is 1. The number of rotatable bonds is 7. The maximum absolute atomic E-state index is 12.3. The van der Waals surface area contributed by atoms with Crippen LogP contribution in [0.15, 0.2) is 10.4 Å². The highest BCUT2D eigenvalue weighted by Gasteiger charge is 2.23. The van der Waals surface area contributed by atoms with Crippen LogP contribution in [0.3, 0.4) is 0 Å². The molecule has 1 saturated heterocycles. The van der Waals surface area contributed by atoms with Gasteiger partial charge in [-0.1, -0.05) is 0 Å². The van der Waals surface area contributed by atoms with E-state index in [0.29, 0.717) is 32.1 Å². The van der Waals surface area contributed by atoms with Crippen molar-refractivity contribution in [2.24, 2.45) is 4.99 Å². The number of aliphatic imine (C=N–C) groups is 1. The van der Waals surface area contributed by atoms with Gasteiger partial charge in [-0.3, -0.25) is 4.99 Å². The molecule has 0 spiro atoms. The Bertz CT molecular complexity index is 639. The molecule has 2 rings (SSSR count). The van der Waals surface area contributed by atoms with Crippen LogP contribution in [-0.2, 0) is 16.4 Å². The van der Waals surface area contributed by atoms with Crippen LogP contribution in [0.2, 0.25) is 0 Å². The molecule has 1 aromatic heterocycles. The predicted octanol–water partition coefficient (Wildman–Crippen LogP) is 0.538. The number of hydrogen-bond acceptors (Lipinski definition) is 6. The van der Waals surface area contributed by atoms with Crippen molar-refractivity contribution in [3.63, 3.8) is 0 Å². The Labute approximate surface area is 152 Å². The molecular formula is C14H25N5O2S3. The predicted molar refractivity (Wildman–Crippen MR) is 103 cm³/mol. The van der Waals surface area contributed by atoms with E-state index in [9.17, 15) is 8.42 Å². The molecule has 10 heteroatoms. The van der Waals surface area contributed by atoms with Crippen molar-refractivity contribution in [1.29, 1.82) is 0 Å². The van der Waals surface area contributed by atoms with E-state index in [-0.39, 0.29) is 5.75 Å². The van der Waals surface area contributed by atoms with E-state index in [1.807, 2.05) is 6.92 Å². The van der Waals surface area contributed by atoms with Crippen molar-refractivity contribution in [2.45, 2.75) is 13.3 Å². The van der Waals surface area contributed by atoms with Gasteiger partial charge in [0, 0.05) is 56.5 Å². The number of nitrogens with one attached hydrogen (secondary N) is 2. The number of aromatic nitrogens is 1. The fraction of sp³-hybridized carbons (Fsp3) is 0.714. The highest BCUT2D eigenvalue weighted by Crippen LogP contribution is 2.13. The smallest absolute Gasteiger partial charge is 0.215 e. The van der Waals surface area contributed by atoms with Crippen LogP contribution in [0.4, 0.5) is 0 Å². The monoisotopic (exact) mass is 391 g/mol. The second kappa shape index (κ2) is 9.59. The lowest BCUT2D eigenvalue weighted by Gasteiger charge is -2.25. The van der Waals surface area contributed by atoms with E-state index in [2.05, 4.69) is 26.0 Å². The summed E-state index contributed by atoms with van der Waals surface area (Å²) in [5, 5.41) is 9.37. The van der Waals surface area contributed by atoms with E-state index in [4.69, 9.17) is 0 Å². The molecule has 1 fully saturated rings. The van der Waals surface area contributed by atoms with Crippen LogP contribution in [0, 0.1) is 6.92 Å². The van der Waals surface area contributed by atoms with E-state index in [1.165, 1.54) is 0 Å². The standard InChI is InChI=1S/C14H25N5O2S3/c1-12-18-13(11-23-12)3-4-16-14(15-2)17-5-10-24(20,21)19-6-8-22-9-7-19/h11H,3-10H2,1-2H3,(H2,15,16,17). The van der Waals surface area contributed by atoms with Gasteiger partial charge in [-0.25, -0.2) is 17.7 Å². The summed E-state index contributed by atoms with van der Waals surface area (Å²) in [6.07, 6.45) is 0.814. The molecule has 0 aliphatic carbocycles. The molecule has 136 valence electrons. The lowest BCUT2D eigenvalue weighted by Crippen LogP contribution is -2.44. The number of hydrogen-bond donors (Lipinski definition) is 2. The summed E-state index contributed by atoms with van der Waals surface area (Å²) in [6.45, 7) is 4.28. The summed E-state index contributed by atoms with van der Waals surface area (Å²) in [5.41, 5.74) is 1.06. The first-order chi connectivity index (χ1) is 11.5. The minimum atomic E-state index is -3.18. The van der Waals surface area contributed by atoms with Crippen LogP contribution in [0.5, 0.6) is 0 Å². The largest absolute Gasteiger partial charge is 0.356 e. The molecule has 0 amide bonds. The molecule has 1 aromatic rings. The Hall–Kier alpha value is -0.840. The van der Waals surface area contributed by atoms with Crippen LogP contribution >= 0.6 is 23.1 Å². The fourth-order valence-corrected chi connectivity index (χ4v) is 5.44. The van der Waals surface area contributed by atoms with Crippen molar-refractivity contribution < 1.29 is 8.42 Å². The van der Waals surface area contributed by atoms with E-state index >= 15 is 0 Å². The van der Waals surface area contributed by atoms with Gasteiger partial charge in [0.25, 0.3) is 0 Å². The van der Waals surface area contributed by atoms with Crippen molar-refractivity contribution in [2.75, 3.05) is 50.5 Å². The minimum Gasteiger partial charge on any atom is -0.356 e.